The number of aromatic carboxylic acids is 1. The van der Waals surface area contributed by atoms with Crippen LogP contribution in [0.15, 0.2) is 6.07 Å². The van der Waals surface area contributed by atoms with Gasteiger partial charge in [0.25, 0.3) is 0 Å². The SMILES string of the molecule is O=C(O)c1cc2c(s1)CCOC21CCN(C(=O)CCc2nc(Cl)n[nH]2)CC1. The van der Waals surface area contributed by atoms with Gasteiger partial charge < -0.3 is 14.7 Å². The maximum absolute atomic E-state index is 12.5. The summed E-state index contributed by atoms with van der Waals surface area (Å²) >= 11 is 7.01. The molecule has 1 fully saturated rings. The van der Waals surface area contributed by atoms with Gasteiger partial charge in [-0.2, -0.15) is 0 Å². The van der Waals surface area contributed by atoms with E-state index in [1.54, 1.807) is 6.07 Å². The van der Waals surface area contributed by atoms with Gasteiger partial charge in [0.15, 0.2) is 0 Å². The third-order valence-corrected chi connectivity index (χ3v) is 6.57. The zero-order valence-electron chi connectivity index (χ0n) is 14.5. The molecule has 4 heterocycles. The molecule has 10 heteroatoms. The van der Waals surface area contributed by atoms with E-state index in [-0.39, 0.29) is 11.2 Å². The molecule has 0 radical (unpaired) electrons. The molecule has 0 saturated carbocycles. The Kier molecular flexibility index (Phi) is 4.92. The van der Waals surface area contributed by atoms with Crippen molar-refractivity contribution in [3.8, 4) is 0 Å². The van der Waals surface area contributed by atoms with E-state index in [1.165, 1.54) is 11.3 Å². The number of likely N-dealkylation sites (tertiary alicyclic amines) is 1. The van der Waals surface area contributed by atoms with Gasteiger partial charge in [-0.3, -0.25) is 9.89 Å². The van der Waals surface area contributed by atoms with Crippen molar-refractivity contribution in [2.45, 2.75) is 37.7 Å². The first kappa shape index (κ1) is 18.4. The molecule has 4 rings (SSSR count). The number of piperidine rings is 1. The van der Waals surface area contributed by atoms with Crippen LogP contribution in [0, 0.1) is 0 Å². The number of H-pyrrole nitrogens is 1. The fourth-order valence-corrected chi connectivity index (χ4v) is 5.03. The van der Waals surface area contributed by atoms with Crippen LogP contribution in [0.3, 0.4) is 0 Å². The van der Waals surface area contributed by atoms with Crippen molar-refractivity contribution in [3.63, 3.8) is 0 Å². The molecular formula is C17H19ClN4O4S. The number of carboxylic acid groups (broad SMARTS) is 1. The van der Waals surface area contributed by atoms with E-state index >= 15 is 0 Å². The fraction of sp³-hybridized carbons (Fsp3) is 0.529. The Labute approximate surface area is 164 Å². The molecule has 2 aliphatic rings. The monoisotopic (exact) mass is 410 g/mol. The number of carboxylic acids is 1. The van der Waals surface area contributed by atoms with Gasteiger partial charge in [-0.1, -0.05) is 0 Å². The molecule has 144 valence electrons. The number of thiophene rings is 1. The molecule has 0 unspecified atom stereocenters. The predicted octanol–water partition coefficient (Wildman–Crippen LogP) is 2.24. The van der Waals surface area contributed by atoms with Gasteiger partial charge in [0, 0.05) is 37.2 Å². The Bertz CT molecular complexity index is 872. The minimum absolute atomic E-state index is 0.0601. The van der Waals surface area contributed by atoms with Crippen molar-refractivity contribution in [2.75, 3.05) is 19.7 Å². The normalized spacial score (nSPS) is 18.5. The Morgan fingerprint density at radius 2 is 2.19 bits per heavy atom. The van der Waals surface area contributed by atoms with Gasteiger partial charge in [0.05, 0.1) is 12.2 Å². The van der Waals surface area contributed by atoms with E-state index in [4.69, 9.17) is 16.3 Å². The van der Waals surface area contributed by atoms with E-state index in [2.05, 4.69) is 15.2 Å². The van der Waals surface area contributed by atoms with Crippen LogP contribution in [-0.4, -0.2) is 56.8 Å². The van der Waals surface area contributed by atoms with Gasteiger partial charge in [-0.05, 0) is 36.1 Å². The van der Waals surface area contributed by atoms with Crippen LogP contribution in [0.4, 0.5) is 0 Å². The number of carbonyl (C=O) groups is 2. The summed E-state index contributed by atoms with van der Waals surface area (Å²) in [5.41, 5.74) is 0.534. The molecule has 2 N–H and O–H groups in total. The standard InChI is InChI=1S/C17H19ClN4O4S/c18-16-19-13(20-21-16)1-2-14(23)22-6-4-17(5-7-22)10-9-12(15(24)25)27-11(10)3-8-26-17/h9H,1-8H2,(H,24,25)(H,19,20,21). The molecule has 0 aliphatic carbocycles. The first-order valence-corrected chi connectivity index (χ1v) is 10.0. The van der Waals surface area contributed by atoms with Crippen LogP contribution in [0.2, 0.25) is 5.28 Å². The smallest absolute Gasteiger partial charge is 0.345 e. The highest BCUT2D eigenvalue weighted by molar-refractivity contribution is 7.14. The molecule has 1 spiro atoms. The predicted molar refractivity (Wildman–Crippen MR) is 98.1 cm³/mol. The lowest BCUT2D eigenvalue weighted by atomic mass is 9.82. The summed E-state index contributed by atoms with van der Waals surface area (Å²) in [6.45, 7) is 1.77. The molecule has 2 aliphatic heterocycles. The number of halogens is 1. The number of carbonyl (C=O) groups excluding carboxylic acids is 1. The molecule has 8 nitrogen and oxygen atoms in total. The molecule has 2 aromatic heterocycles. The molecule has 0 aromatic carbocycles. The van der Waals surface area contributed by atoms with Crippen molar-refractivity contribution in [1.82, 2.24) is 20.1 Å². The largest absolute Gasteiger partial charge is 0.477 e. The zero-order valence-corrected chi connectivity index (χ0v) is 16.1. The number of nitrogens with zero attached hydrogens (tertiary/aromatic N) is 3. The van der Waals surface area contributed by atoms with Gasteiger partial charge in [-0.25, -0.2) is 9.78 Å². The van der Waals surface area contributed by atoms with Crippen molar-refractivity contribution in [1.29, 1.82) is 0 Å². The molecule has 0 bridgehead atoms. The van der Waals surface area contributed by atoms with Crippen molar-refractivity contribution < 1.29 is 19.4 Å². The number of aromatic amines is 1. The first-order valence-electron chi connectivity index (χ1n) is 8.82. The number of rotatable bonds is 4. The van der Waals surface area contributed by atoms with E-state index in [0.29, 0.717) is 56.1 Å². The van der Waals surface area contributed by atoms with Crippen LogP contribution in [0.5, 0.6) is 0 Å². The van der Waals surface area contributed by atoms with Crippen LogP contribution < -0.4 is 0 Å². The summed E-state index contributed by atoms with van der Waals surface area (Å²) in [5, 5.41) is 15.9. The number of fused-ring (bicyclic) bond motifs is 2. The number of nitrogens with one attached hydrogen (secondary N) is 1. The average molecular weight is 411 g/mol. The second-order valence-corrected chi connectivity index (χ2v) is 8.25. The number of aryl methyl sites for hydroxylation is 1. The van der Waals surface area contributed by atoms with E-state index in [0.717, 1.165) is 16.9 Å². The highest BCUT2D eigenvalue weighted by atomic mass is 35.5. The highest BCUT2D eigenvalue weighted by Gasteiger charge is 2.43. The molecule has 2 aromatic rings. The summed E-state index contributed by atoms with van der Waals surface area (Å²) in [6, 6.07) is 1.76. The number of hydrogen-bond acceptors (Lipinski definition) is 6. The number of aromatic nitrogens is 3. The second kappa shape index (κ2) is 7.21. The average Bonchev–Trinajstić information content (AvgIpc) is 3.28. The Balaban J connectivity index is 1.40. The lowest BCUT2D eigenvalue weighted by Gasteiger charge is -2.44. The molecule has 0 atom stereocenters. The van der Waals surface area contributed by atoms with Crippen LogP contribution in [-0.2, 0) is 28.0 Å². The quantitative estimate of drug-likeness (QED) is 0.800. The summed E-state index contributed by atoms with van der Waals surface area (Å²) in [6.07, 6.45) is 2.91. The highest BCUT2D eigenvalue weighted by Crippen LogP contribution is 2.44. The second-order valence-electron chi connectivity index (χ2n) is 6.78. The Morgan fingerprint density at radius 1 is 1.41 bits per heavy atom. The first-order chi connectivity index (χ1) is 13.0. The third-order valence-electron chi connectivity index (χ3n) is 5.22. The van der Waals surface area contributed by atoms with Crippen molar-refractivity contribution in [2.24, 2.45) is 0 Å². The van der Waals surface area contributed by atoms with Crippen LogP contribution in [0.1, 0.15) is 45.2 Å². The van der Waals surface area contributed by atoms with Gasteiger partial charge in [0.2, 0.25) is 11.2 Å². The minimum atomic E-state index is -0.898. The number of amides is 1. The van der Waals surface area contributed by atoms with Crippen molar-refractivity contribution >= 4 is 34.8 Å². The summed E-state index contributed by atoms with van der Waals surface area (Å²) < 4.78 is 6.12. The molecule has 1 saturated heterocycles. The van der Waals surface area contributed by atoms with E-state index in [1.807, 2.05) is 4.90 Å². The summed E-state index contributed by atoms with van der Waals surface area (Å²) in [5.74, 6) is -0.240. The van der Waals surface area contributed by atoms with E-state index < -0.39 is 11.6 Å². The fourth-order valence-electron chi connectivity index (χ4n) is 3.82. The van der Waals surface area contributed by atoms with Gasteiger partial charge in [-0.15, -0.1) is 16.4 Å². The van der Waals surface area contributed by atoms with E-state index in [9.17, 15) is 14.7 Å². The lowest BCUT2D eigenvalue weighted by Crippen LogP contribution is -2.48. The maximum atomic E-state index is 12.5. The maximum Gasteiger partial charge on any atom is 0.345 e. The topological polar surface area (TPSA) is 108 Å². The number of ether oxygens (including phenoxy) is 1. The van der Waals surface area contributed by atoms with Gasteiger partial charge >= 0.3 is 5.97 Å². The van der Waals surface area contributed by atoms with Crippen LogP contribution >= 0.6 is 22.9 Å². The lowest BCUT2D eigenvalue weighted by molar-refractivity contribution is -0.140. The van der Waals surface area contributed by atoms with Gasteiger partial charge in [0.1, 0.15) is 10.7 Å². The summed E-state index contributed by atoms with van der Waals surface area (Å²) in [4.78, 5) is 31.1. The molecule has 27 heavy (non-hydrogen) atoms. The third kappa shape index (κ3) is 3.59. The number of hydrogen-bond donors (Lipinski definition) is 2. The minimum Gasteiger partial charge on any atom is -0.477 e. The summed E-state index contributed by atoms with van der Waals surface area (Å²) in [7, 11) is 0. The molecular weight excluding hydrogens is 392 g/mol. The molecule has 1 amide bonds. The van der Waals surface area contributed by atoms with Crippen molar-refractivity contribution in [3.05, 3.63) is 32.5 Å². The Morgan fingerprint density at radius 3 is 2.85 bits per heavy atom. The van der Waals surface area contributed by atoms with Crippen LogP contribution in [0.25, 0.3) is 0 Å². The Hall–Kier alpha value is -1.97. The zero-order chi connectivity index (χ0) is 19.0.